The third-order valence-corrected chi connectivity index (χ3v) is 2.44. The number of pyridine rings is 1. The molecule has 1 heterocycles. The summed E-state index contributed by atoms with van der Waals surface area (Å²) in [5.41, 5.74) is 1.49. The number of ether oxygens (including phenoxy) is 1. The Hall–Kier alpha value is -1.94. The summed E-state index contributed by atoms with van der Waals surface area (Å²) in [4.78, 5) is 4.09. The van der Waals surface area contributed by atoms with Crippen molar-refractivity contribution in [1.82, 2.24) is 4.98 Å². The summed E-state index contributed by atoms with van der Waals surface area (Å²) in [5.74, 6) is -0.0222. The van der Waals surface area contributed by atoms with Crippen LogP contribution in [0.5, 0.6) is 5.88 Å². The number of aromatic nitrogens is 1. The summed E-state index contributed by atoms with van der Waals surface area (Å²) in [5, 5.41) is 8.98. The van der Waals surface area contributed by atoms with Gasteiger partial charge in [0.05, 0.1) is 19.4 Å². The molecule has 88 valence electrons. The Morgan fingerprint density at radius 3 is 2.59 bits per heavy atom. The third-order valence-electron chi connectivity index (χ3n) is 2.44. The van der Waals surface area contributed by atoms with E-state index in [9.17, 15) is 4.39 Å². The summed E-state index contributed by atoms with van der Waals surface area (Å²) in [6, 6.07) is 9.75. The van der Waals surface area contributed by atoms with Crippen LogP contribution in [0.3, 0.4) is 0 Å². The van der Waals surface area contributed by atoms with Crippen LogP contribution < -0.4 is 4.74 Å². The molecule has 1 aromatic carbocycles. The summed E-state index contributed by atoms with van der Waals surface area (Å²) in [7, 11) is 1.47. The van der Waals surface area contributed by atoms with Gasteiger partial charge in [-0.3, -0.25) is 0 Å². The highest BCUT2D eigenvalue weighted by Crippen LogP contribution is 2.30. The van der Waals surface area contributed by atoms with Crippen LogP contribution >= 0.6 is 0 Å². The topological polar surface area (TPSA) is 42.4 Å². The van der Waals surface area contributed by atoms with Crippen LogP contribution in [0.2, 0.25) is 0 Å². The van der Waals surface area contributed by atoms with Crippen LogP contribution in [0.4, 0.5) is 4.39 Å². The summed E-state index contributed by atoms with van der Waals surface area (Å²) in [6.07, 6.45) is 0. The molecule has 0 aliphatic rings. The number of benzene rings is 1. The predicted octanol–water partition coefficient (Wildman–Crippen LogP) is 2.39. The first kappa shape index (κ1) is 11.5. The maximum absolute atomic E-state index is 13.6. The minimum atomic E-state index is -0.329. The van der Waals surface area contributed by atoms with Crippen LogP contribution in [0, 0.1) is 5.82 Å². The highest BCUT2D eigenvalue weighted by Gasteiger charge is 2.11. The zero-order chi connectivity index (χ0) is 12.3. The standard InChI is InChI=1S/C13H12FNO2/c1-17-13-11(7-6-9(8-16)15-13)10-4-2-3-5-12(10)14/h2-7,16H,8H2,1H3. The van der Waals surface area contributed by atoms with E-state index in [2.05, 4.69) is 4.98 Å². The number of nitrogens with zero attached hydrogens (tertiary/aromatic N) is 1. The van der Waals surface area contributed by atoms with Crippen LogP contribution in [0.25, 0.3) is 11.1 Å². The van der Waals surface area contributed by atoms with E-state index in [1.807, 2.05) is 0 Å². The van der Waals surface area contributed by atoms with Gasteiger partial charge in [0.1, 0.15) is 5.82 Å². The number of hydrogen-bond acceptors (Lipinski definition) is 3. The molecular formula is C13H12FNO2. The van der Waals surface area contributed by atoms with E-state index < -0.39 is 0 Å². The minimum Gasteiger partial charge on any atom is -0.481 e. The molecule has 0 aliphatic heterocycles. The summed E-state index contributed by atoms with van der Waals surface area (Å²) < 4.78 is 18.7. The second kappa shape index (κ2) is 4.93. The van der Waals surface area contributed by atoms with E-state index in [4.69, 9.17) is 9.84 Å². The molecule has 0 saturated heterocycles. The van der Waals surface area contributed by atoms with E-state index in [-0.39, 0.29) is 12.4 Å². The van der Waals surface area contributed by atoms with Gasteiger partial charge < -0.3 is 9.84 Å². The van der Waals surface area contributed by atoms with Crippen LogP contribution in [0.15, 0.2) is 36.4 Å². The van der Waals surface area contributed by atoms with Gasteiger partial charge >= 0.3 is 0 Å². The van der Waals surface area contributed by atoms with Crippen molar-refractivity contribution in [2.45, 2.75) is 6.61 Å². The Kier molecular flexibility index (Phi) is 3.35. The lowest BCUT2D eigenvalue weighted by Gasteiger charge is -2.09. The molecule has 3 nitrogen and oxygen atoms in total. The van der Waals surface area contributed by atoms with Gasteiger partial charge in [0, 0.05) is 11.1 Å². The van der Waals surface area contributed by atoms with Crippen molar-refractivity contribution < 1.29 is 14.2 Å². The van der Waals surface area contributed by atoms with E-state index in [1.165, 1.54) is 13.2 Å². The molecule has 0 radical (unpaired) electrons. The van der Waals surface area contributed by atoms with Gasteiger partial charge in [-0.15, -0.1) is 0 Å². The first-order chi connectivity index (χ1) is 8.26. The zero-order valence-electron chi connectivity index (χ0n) is 9.35. The highest BCUT2D eigenvalue weighted by atomic mass is 19.1. The number of rotatable bonds is 3. The van der Waals surface area contributed by atoms with Crippen molar-refractivity contribution in [3.8, 4) is 17.0 Å². The van der Waals surface area contributed by atoms with Gasteiger partial charge in [-0.2, -0.15) is 0 Å². The van der Waals surface area contributed by atoms with Gasteiger partial charge in [-0.25, -0.2) is 9.37 Å². The molecular weight excluding hydrogens is 221 g/mol. The maximum atomic E-state index is 13.6. The fraction of sp³-hybridized carbons (Fsp3) is 0.154. The molecule has 1 aromatic heterocycles. The smallest absolute Gasteiger partial charge is 0.221 e. The lowest BCUT2D eigenvalue weighted by molar-refractivity contribution is 0.274. The first-order valence-electron chi connectivity index (χ1n) is 5.16. The number of halogens is 1. The molecule has 0 aliphatic carbocycles. The fourth-order valence-electron chi connectivity index (χ4n) is 1.61. The Balaban J connectivity index is 2.56. The van der Waals surface area contributed by atoms with Crippen molar-refractivity contribution in [2.24, 2.45) is 0 Å². The second-order valence-corrected chi connectivity index (χ2v) is 3.50. The molecule has 17 heavy (non-hydrogen) atoms. The average Bonchev–Trinajstić information content (AvgIpc) is 2.38. The normalized spacial score (nSPS) is 10.3. The van der Waals surface area contributed by atoms with Gasteiger partial charge in [0.15, 0.2) is 0 Å². The van der Waals surface area contributed by atoms with E-state index >= 15 is 0 Å². The Labute approximate surface area is 98.5 Å². The van der Waals surface area contributed by atoms with Crippen LogP contribution in [0.1, 0.15) is 5.69 Å². The number of aliphatic hydroxyl groups is 1. The largest absolute Gasteiger partial charge is 0.481 e. The van der Waals surface area contributed by atoms with Gasteiger partial charge in [-0.1, -0.05) is 18.2 Å². The molecule has 0 spiro atoms. The molecule has 2 rings (SSSR count). The summed E-state index contributed by atoms with van der Waals surface area (Å²) >= 11 is 0. The van der Waals surface area contributed by atoms with Gasteiger partial charge in [0.2, 0.25) is 5.88 Å². The van der Waals surface area contributed by atoms with Crippen molar-refractivity contribution in [3.05, 3.63) is 47.9 Å². The third kappa shape index (κ3) is 2.26. The van der Waals surface area contributed by atoms with Crippen molar-refractivity contribution in [1.29, 1.82) is 0 Å². The Bertz CT molecular complexity index is 529. The Morgan fingerprint density at radius 1 is 1.18 bits per heavy atom. The fourth-order valence-corrected chi connectivity index (χ4v) is 1.61. The number of hydrogen-bond donors (Lipinski definition) is 1. The zero-order valence-corrected chi connectivity index (χ0v) is 9.35. The molecule has 0 bridgehead atoms. The lowest BCUT2D eigenvalue weighted by Crippen LogP contribution is -1.97. The SMILES string of the molecule is COc1nc(CO)ccc1-c1ccccc1F. The first-order valence-corrected chi connectivity index (χ1v) is 5.16. The quantitative estimate of drug-likeness (QED) is 0.885. The van der Waals surface area contributed by atoms with E-state index in [1.54, 1.807) is 30.3 Å². The van der Waals surface area contributed by atoms with E-state index in [0.717, 1.165) is 0 Å². The summed E-state index contributed by atoms with van der Waals surface area (Å²) in [6.45, 7) is -0.173. The number of aliphatic hydroxyl groups excluding tert-OH is 1. The van der Waals surface area contributed by atoms with Crippen LogP contribution in [-0.2, 0) is 6.61 Å². The minimum absolute atomic E-state index is 0.173. The van der Waals surface area contributed by atoms with Gasteiger partial charge in [-0.05, 0) is 18.2 Å². The second-order valence-electron chi connectivity index (χ2n) is 3.50. The molecule has 0 atom stereocenters. The lowest BCUT2D eigenvalue weighted by atomic mass is 10.1. The molecule has 2 aromatic rings. The van der Waals surface area contributed by atoms with Crippen molar-refractivity contribution in [2.75, 3.05) is 7.11 Å². The van der Waals surface area contributed by atoms with Gasteiger partial charge in [0.25, 0.3) is 0 Å². The maximum Gasteiger partial charge on any atom is 0.221 e. The van der Waals surface area contributed by atoms with Crippen molar-refractivity contribution >= 4 is 0 Å². The molecule has 0 amide bonds. The molecule has 4 heteroatoms. The van der Waals surface area contributed by atoms with E-state index in [0.29, 0.717) is 22.7 Å². The molecule has 0 saturated carbocycles. The predicted molar refractivity (Wildman–Crippen MR) is 62.1 cm³/mol. The number of methoxy groups -OCH3 is 1. The average molecular weight is 233 g/mol. The monoisotopic (exact) mass is 233 g/mol. The Morgan fingerprint density at radius 2 is 1.94 bits per heavy atom. The van der Waals surface area contributed by atoms with Crippen LogP contribution in [-0.4, -0.2) is 17.2 Å². The molecule has 1 N–H and O–H groups in total. The highest BCUT2D eigenvalue weighted by molar-refractivity contribution is 5.69. The van der Waals surface area contributed by atoms with Crippen molar-refractivity contribution in [3.63, 3.8) is 0 Å². The molecule has 0 fully saturated rings. The molecule has 0 unspecified atom stereocenters.